The van der Waals surface area contributed by atoms with E-state index in [0.29, 0.717) is 0 Å². The zero-order chi connectivity index (χ0) is 29.2. The van der Waals surface area contributed by atoms with Gasteiger partial charge in [-0.15, -0.1) is 0 Å². The molecule has 0 spiro atoms. The summed E-state index contributed by atoms with van der Waals surface area (Å²) >= 11 is 0. The minimum Gasteiger partial charge on any atom is -0.495 e. The zero-order valence-electron chi connectivity index (χ0n) is 22.2. The molecule has 12 heteroatoms. The number of ketones is 1. The average Bonchev–Trinajstić information content (AvgIpc) is 3.12. The van der Waals surface area contributed by atoms with Gasteiger partial charge in [0.2, 0.25) is 0 Å². The monoisotopic (exact) mass is 565 g/mol. The number of allylic oxidation sites excluding steroid dienone is 1. The van der Waals surface area contributed by atoms with Gasteiger partial charge < -0.3 is 14.4 Å². The van der Waals surface area contributed by atoms with E-state index in [0.717, 1.165) is 29.1 Å². The lowest BCUT2D eigenvalue weighted by Crippen LogP contribution is -2.25. The topological polar surface area (TPSA) is 145 Å². The number of hydrogen-bond donors (Lipinski definition) is 1. The van der Waals surface area contributed by atoms with Crippen LogP contribution in [-0.4, -0.2) is 45.9 Å². The van der Waals surface area contributed by atoms with Crippen molar-refractivity contribution in [1.29, 1.82) is 0 Å². The molecule has 0 bridgehead atoms. The number of non-ortho nitro benzene ring substituents is 1. The highest BCUT2D eigenvalue weighted by atomic mass is 32.2. The van der Waals surface area contributed by atoms with Crippen LogP contribution in [-0.2, 0) is 25.0 Å². The van der Waals surface area contributed by atoms with E-state index in [4.69, 9.17) is 9.47 Å². The van der Waals surface area contributed by atoms with Crippen LogP contribution in [0, 0.1) is 10.1 Å². The van der Waals surface area contributed by atoms with Gasteiger partial charge in [0.1, 0.15) is 5.75 Å². The fourth-order valence-corrected chi connectivity index (χ4v) is 5.66. The normalized spacial score (nSPS) is 14.9. The number of benzene rings is 3. The second-order valence-electron chi connectivity index (χ2n) is 9.55. The number of likely N-dealkylation sites (N-methyl/N-ethyl adjacent to an activating group) is 1. The van der Waals surface area contributed by atoms with Gasteiger partial charge in [0.25, 0.3) is 15.7 Å². The van der Waals surface area contributed by atoms with Gasteiger partial charge in [0.15, 0.2) is 12.4 Å². The Morgan fingerprint density at radius 1 is 1.07 bits per heavy atom. The molecule has 0 radical (unpaired) electrons. The first-order valence-corrected chi connectivity index (χ1v) is 13.5. The Morgan fingerprint density at radius 2 is 1.80 bits per heavy atom. The van der Waals surface area contributed by atoms with Crippen molar-refractivity contribution in [2.24, 2.45) is 0 Å². The van der Waals surface area contributed by atoms with E-state index in [1.165, 1.54) is 43.5 Å². The van der Waals surface area contributed by atoms with Crippen LogP contribution < -0.4 is 14.4 Å². The Hall–Kier alpha value is -4.71. The third kappa shape index (κ3) is 5.52. The number of nitrogens with zero attached hydrogens (tertiary/aromatic N) is 2. The summed E-state index contributed by atoms with van der Waals surface area (Å²) in [5.41, 5.74) is 1.80. The maximum atomic E-state index is 13.0. The second-order valence-corrected chi connectivity index (χ2v) is 11.2. The van der Waals surface area contributed by atoms with E-state index in [2.05, 4.69) is 4.72 Å². The number of methoxy groups -OCH3 is 1. The summed E-state index contributed by atoms with van der Waals surface area (Å²) in [6.45, 7) is 3.47. The van der Waals surface area contributed by atoms with E-state index in [9.17, 15) is 28.1 Å². The molecule has 0 saturated heterocycles. The predicted octanol–water partition coefficient (Wildman–Crippen LogP) is 4.44. The number of fused-ring (bicyclic) bond motifs is 1. The number of carbonyl (C=O) groups excluding carboxylic acids is 2. The van der Waals surface area contributed by atoms with Crippen LogP contribution in [0.15, 0.2) is 83.4 Å². The Bertz CT molecular complexity index is 1650. The minimum atomic E-state index is -4.28. The maximum absolute atomic E-state index is 13.0. The van der Waals surface area contributed by atoms with Crippen molar-refractivity contribution < 1.29 is 32.4 Å². The molecule has 0 unspecified atom stereocenters. The van der Waals surface area contributed by atoms with Crippen molar-refractivity contribution in [1.82, 2.24) is 0 Å². The zero-order valence-corrected chi connectivity index (χ0v) is 23.0. The number of nitro benzene ring substituents is 1. The number of anilines is 2. The van der Waals surface area contributed by atoms with E-state index >= 15 is 0 Å². The molecule has 0 amide bonds. The molecule has 0 aliphatic carbocycles. The molecule has 1 heterocycles. The third-order valence-corrected chi connectivity index (χ3v) is 7.97. The minimum absolute atomic E-state index is 0.0663. The van der Waals surface area contributed by atoms with Gasteiger partial charge in [0, 0.05) is 42.1 Å². The molecule has 0 fully saturated rings. The standard InChI is InChI=1S/C28H27N3O8S/c1-28(2)22-10-5-6-11-24(22)30(3)26(28)16-20(32)17-39-27(33)18-8-7-9-21(14-18)40(36,37)29-23-15-19(31(34)35)12-13-25(23)38-4/h5-16,29H,17H2,1-4H3. The molecule has 0 aromatic heterocycles. The van der Waals surface area contributed by atoms with Crippen molar-refractivity contribution >= 4 is 38.8 Å². The van der Waals surface area contributed by atoms with Gasteiger partial charge in [-0.05, 0) is 35.9 Å². The number of carbonyl (C=O) groups is 2. The highest BCUT2D eigenvalue weighted by Crippen LogP contribution is 2.46. The van der Waals surface area contributed by atoms with Crippen LogP contribution in [0.5, 0.6) is 5.75 Å². The summed E-state index contributed by atoms with van der Waals surface area (Å²) in [6, 6.07) is 16.3. The highest BCUT2D eigenvalue weighted by Gasteiger charge is 2.38. The molecule has 0 atom stereocenters. The van der Waals surface area contributed by atoms with Crippen molar-refractivity contribution in [3.63, 3.8) is 0 Å². The van der Waals surface area contributed by atoms with Crippen LogP contribution in [0.1, 0.15) is 29.8 Å². The van der Waals surface area contributed by atoms with Crippen LogP contribution in [0.4, 0.5) is 17.1 Å². The van der Waals surface area contributed by atoms with E-state index in [-0.39, 0.29) is 27.6 Å². The number of nitrogens with one attached hydrogen (secondary N) is 1. The fourth-order valence-electron chi connectivity index (χ4n) is 4.56. The first kappa shape index (κ1) is 28.3. The molecule has 11 nitrogen and oxygen atoms in total. The van der Waals surface area contributed by atoms with Crippen molar-refractivity contribution in [3.8, 4) is 5.75 Å². The summed E-state index contributed by atoms with van der Waals surface area (Å²) in [6.07, 6.45) is 1.45. The summed E-state index contributed by atoms with van der Waals surface area (Å²) in [4.78, 5) is 37.5. The Balaban J connectivity index is 1.48. The average molecular weight is 566 g/mol. The van der Waals surface area contributed by atoms with Gasteiger partial charge in [-0.1, -0.05) is 38.1 Å². The number of esters is 1. The van der Waals surface area contributed by atoms with Crippen LogP contribution in [0.3, 0.4) is 0 Å². The third-order valence-electron chi connectivity index (χ3n) is 6.60. The number of ether oxygens (including phenoxy) is 2. The quantitative estimate of drug-likeness (QED) is 0.172. The molecule has 1 N–H and O–H groups in total. The first-order chi connectivity index (χ1) is 18.8. The van der Waals surface area contributed by atoms with Gasteiger partial charge in [-0.25, -0.2) is 13.2 Å². The lowest BCUT2D eigenvalue weighted by Gasteiger charge is -2.23. The van der Waals surface area contributed by atoms with Crippen LogP contribution in [0.25, 0.3) is 0 Å². The molecular weight excluding hydrogens is 538 g/mol. The smallest absolute Gasteiger partial charge is 0.338 e. The molecule has 3 aromatic rings. The van der Waals surface area contributed by atoms with E-state index < -0.39 is 38.7 Å². The molecule has 3 aromatic carbocycles. The Kier molecular flexibility index (Phi) is 7.65. The summed E-state index contributed by atoms with van der Waals surface area (Å²) < 4.78 is 38.6. The summed E-state index contributed by atoms with van der Waals surface area (Å²) in [5.74, 6) is -1.25. The largest absolute Gasteiger partial charge is 0.495 e. The van der Waals surface area contributed by atoms with Gasteiger partial charge >= 0.3 is 5.97 Å². The molecule has 4 rings (SSSR count). The van der Waals surface area contributed by atoms with Crippen molar-refractivity contribution in [3.05, 3.63) is 99.7 Å². The first-order valence-electron chi connectivity index (χ1n) is 12.1. The van der Waals surface area contributed by atoms with Crippen molar-refractivity contribution in [2.75, 3.05) is 30.4 Å². The highest BCUT2D eigenvalue weighted by molar-refractivity contribution is 7.92. The molecule has 40 heavy (non-hydrogen) atoms. The Morgan fingerprint density at radius 3 is 2.48 bits per heavy atom. The second kappa shape index (κ2) is 10.8. The number of rotatable bonds is 9. The predicted molar refractivity (Wildman–Crippen MR) is 148 cm³/mol. The molecule has 1 aliphatic heterocycles. The number of hydrogen-bond acceptors (Lipinski definition) is 9. The molecule has 0 saturated carbocycles. The number of nitro groups is 1. The van der Waals surface area contributed by atoms with Gasteiger partial charge in [-0.3, -0.25) is 19.6 Å². The fraction of sp³-hybridized carbons (Fsp3) is 0.214. The van der Waals surface area contributed by atoms with E-state index in [1.807, 2.05) is 50.1 Å². The van der Waals surface area contributed by atoms with Gasteiger partial charge in [-0.2, -0.15) is 0 Å². The van der Waals surface area contributed by atoms with E-state index in [1.54, 1.807) is 0 Å². The number of para-hydroxylation sites is 1. The Labute approximate surface area is 231 Å². The SMILES string of the molecule is COc1ccc([N+](=O)[O-])cc1NS(=O)(=O)c1cccc(C(=O)OCC(=O)C=C2N(C)c3ccccc3C2(C)C)c1. The lowest BCUT2D eigenvalue weighted by atomic mass is 9.83. The molecule has 208 valence electrons. The summed E-state index contributed by atoms with van der Waals surface area (Å²) in [5, 5.41) is 11.1. The lowest BCUT2D eigenvalue weighted by molar-refractivity contribution is -0.384. The summed E-state index contributed by atoms with van der Waals surface area (Å²) in [7, 11) is -1.13. The molecule has 1 aliphatic rings. The van der Waals surface area contributed by atoms with Crippen LogP contribution in [0.2, 0.25) is 0 Å². The number of sulfonamides is 1. The van der Waals surface area contributed by atoms with Crippen LogP contribution >= 0.6 is 0 Å². The van der Waals surface area contributed by atoms with Crippen molar-refractivity contribution in [2.45, 2.75) is 24.2 Å². The molecular formula is C28H27N3O8S. The maximum Gasteiger partial charge on any atom is 0.338 e. The van der Waals surface area contributed by atoms with Gasteiger partial charge in [0.05, 0.1) is 28.2 Å².